The van der Waals surface area contributed by atoms with Gasteiger partial charge in [0.25, 0.3) is 17.5 Å². The molecule has 1 aliphatic carbocycles. The molecule has 0 radical (unpaired) electrons. The molecule has 3 aromatic heterocycles. The van der Waals surface area contributed by atoms with Crippen molar-refractivity contribution in [2.45, 2.75) is 52.5 Å². The van der Waals surface area contributed by atoms with E-state index in [-0.39, 0.29) is 23.6 Å². The van der Waals surface area contributed by atoms with Gasteiger partial charge < -0.3 is 19.6 Å². The Labute approximate surface area is 196 Å². The molecule has 0 atom stereocenters. The van der Waals surface area contributed by atoms with Crippen LogP contribution < -0.4 is 10.6 Å². The molecule has 1 aromatic carbocycles. The topological polar surface area (TPSA) is 110 Å². The number of aromatic nitrogens is 2. The number of nitrogens with zero attached hydrogens (tertiary/aromatic N) is 2. The van der Waals surface area contributed by atoms with Crippen molar-refractivity contribution in [3.05, 3.63) is 64.7 Å². The molecule has 4 aromatic rings. The number of nitrogens with one attached hydrogen (secondary N) is 2. The first kappa shape index (κ1) is 21.9. The summed E-state index contributed by atoms with van der Waals surface area (Å²) < 4.78 is 11.0. The van der Waals surface area contributed by atoms with E-state index >= 15 is 0 Å². The number of rotatable bonds is 5. The van der Waals surface area contributed by atoms with Crippen LogP contribution >= 0.6 is 0 Å². The monoisotopic (exact) mass is 458 g/mol. The molecule has 3 heterocycles. The summed E-state index contributed by atoms with van der Waals surface area (Å²) in [5.41, 5.74) is 3.39. The zero-order valence-corrected chi connectivity index (χ0v) is 19.4. The molecule has 8 nitrogen and oxygen atoms in total. The second-order valence-corrected chi connectivity index (χ2v) is 8.78. The lowest BCUT2D eigenvalue weighted by Gasteiger charge is -2.15. The van der Waals surface area contributed by atoms with E-state index in [0.717, 1.165) is 37.0 Å². The number of hydrogen-bond donors (Lipinski definition) is 2. The first-order chi connectivity index (χ1) is 16.4. The molecule has 1 aliphatic rings. The van der Waals surface area contributed by atoms with E-state index in [4.69, 9.17) is 8.94 Å². The Morgan fingerprint density at radius 1 is 1.00 bits per heavy atom. The second kappa shape index (κ2) is 8.78. The minimum absolute atomic E-state index is 0.181. The maximum Gasteiger partial charge on any atom is 0.259 e. The second-order valence-electron chi connectivity index (χ2n) is 8.78. The molecule has 5 rings (SSSR count). The van der Waals surface area contributed by atoms with E-state index in [0.29, 0.717) is 39.3 Å². The maximum absolute atomic E-state index is 13.5. The molecule has 1 fully saturated rings. The van der Waals surface area contributed by atoms with Crippen LogP contribution in [0.1, 0.15) is 63.6 Å². The summed E-state index contributed by atoms with van der Waals surface area (Å²) in [4.78, 5) is 31.0. The summed E-state index contributed by atoms with van der Waals surface area (Å²) in [7, 11) is 0. The molecular formula is C26H26N4O4. The van der Waals surface area contributed by atoms with Crippen molar-refractivity contribution >= 4 is 28.6 Å². The molecule has 174 valence electrons. The number of aryl methyl sites for hydroxylation is 3. The molecule has 2 N–H and O–H groups in total. The minimum atomic E-state index is -0.376. The normalized spacial score (nSPS) is 14.0. The summed E-state index contributed by atoms with van der Waals surface area (Å²) >= 11 is 0. The lowest BCUT2D eigenvalue weighted by Crippen LogP contribution is -2.33. The van der Waals surface area contributed by atoms with Gasteiger partial charge in [-0.05, 0) is 57.9 Å². The first-order valence-electron chi connectivity index (χ1n) is 11.5. The van der Waals surface area contributed by atoms with E-state index < -0.39 is 0 Å². The Morgan fingerprint density at radius 2 is 1.76 bits per heavy atom. The van der Waals surface area contributed by atoms with Crippen molar-refractivity contribution in [1.29, 1.82) is 0 Å². The van der Waals surface area contributed by atoms with Gasteiger partial charge in [-0.3, -0.25) is 9.59 Å². The van der Waals surface area contributed by atoms with Gasteiger partial charge >= 0.3 is 0 Å². The van der Waals surface area contributed by atoms with Crippen molar-refractivity contribution in [3.8, 4) is 11.3 Å². The zero-order valence-electron chi connectivity index (χ0n) is 19.4. The van der Waals surface area contributed by atoms with Gasteiger partial charge in [0.15, 0.2) is 0 Å². The van der Waals surface area contributed by atoms with Crippen LogP contribution in [0.3, 0.4) is 0 Å². The quantitative estimate of drug-likeness (QED) is 0.418. The predicted octanol–water partition coefficient (Wildman–Crippen LogP) is 5.33. The summed E-state index contributed by atoms with van der Waals surface area (Å²) in [6.45, 7) is 5.47. The number of amides is 2. The number of pyridine rings is 1. The standard InChI is InChI=1S/C26H26N4O4/c1-14-12-19(16(3)33-14)22-13-20(23-15(2)30-34-26(23)29-22)25(32)28-21-11-7-6-10-18(21)24(31)27-17-8-4-5-9-17/h6-7,10-13,17H,4-5,8-9H2,1-3H3,(H,27,31)(H,28,32). The van der Waals surface area contributed by atoms with Crippen molar-refractivity contribution in [2.24, 2.45) is 0 Å². The fourth-order valence-corrected chi connectivity index (χ4v) is 4.61. The number of para-hydroxylation sites is 1. The van der Waals surface area contributed by atoms with Gasteiger partial charge in [-0.15, -0.1) is 0 Å². The van der Waals surface area contributed by atoms with E-state index in [9.17, 15) is 9.59 Å². The Morgan fingerprint density at radius 3 is 2.50 bits per heavy atom. The third-order valence-electron chi connectivity index (χ3n) is 6.29. The van der Waals surface area contributed by atoms with Gasteiger partial charge in [-0.1, -0.05) is 30.1 Å². The largest absolute Gasteiger partial charge is 0.466 e. The Kier molecular flexibility index (Phi) is 5.65. The van der Waals surface area contributed by atoms with Crippen LogP contribution in [0, 0.1) is 20.8 Å². The lowest BCUT2D eigenvalue weighted by molar-refractivity contribution is 0.0938. The average Bonchev–Trinajstić information content (AvgIpc) is 3.54. The Bertz CT molecular complexity index is 1400. The molecule has 0 unspecified atom stereocenters. The third kappa shape index (κ3) is 4.07. The zero-order chi connectivity index (χ0) is 23.8. The molecule has 0 aliphatic heterocycles. The smallest absolute Gasteiger partial charge is 0.259 e. The fraction of sp³-hybridized carbons (Fsp3) is 0.308. The van der Waals surface area contributed by atoms with Crippen molar-refractivity contribution < 1.29 is 18.5 Å². The highest BCUT2D eigenvalue weighted by Gasteiger charge is 2.23. The van der Waals surface area contributed by atoms with Crippen LogP contribution in [0.5, 0.6) is 0 Å². The molecular weight excluding hydrogens is 432 g/mol. The van der Waals surface area contributed by atoms with E-state index in [1.165, 1.54) is 0 Å². The van der Waals surface area contributed by atoms with Crippen molar-refractivity contribution in [2.75, 3.05) is 5.32 Å². The SMILES string of the molecule is Cc1cc(-c2cc(C(=O)Nc3ccccc3C(=O)NC3CCCC3)c3c(C)noc3n2)c(C)o1. The first-order valence-corrected chi connectivity index (χ1v) is 11.5. The third-order valence-corrected chi connectivity index (χ3v) is 6.29. The van der Waals surface area contributed by atoms with Gasteiger partial charge in [0.2, 0.25) is 0 Å². The van der Waals surface area contributed by atoms with E-state index in [1.54, 1.807) is 37.3 Å². The maximum atomic E-state index is 13.5. The summed E-state index contributed by atoms with van der Waals surface area (Å²) in [5, 5.41) is 10.5. The number of fused-ring (bicyclic) bond motifs is 1. The molecule has 2 amide bonds. The highest BCUT2D eigenvalue weighted by Crippen LogP contribution is 2.31. The fourth-order valence-electron chi connectivity index (χ4n) is 4.61. The number of hydrogen-bond acceptors (Lipinski definition) is 6. The van der Waals surface area contributed by atoms with Gasteiger partial charge in [-0.25, -0.2) is 4.98 Å². The van der Waals surface area contributed by atoms with Crippen molar-refractivity contribution in [1.82, 2.24) is 15.5 Å². The number of benzene rings is 1. The van der Waals surface area contributed by atoms with Crippen molar-refractivity contribution in [3.63, 3.8) is 0 Å². The molecule has 1 saturated carbocycles. The van der Waals surface area contributed by atoms with E-state index in [2.05, 4.69) is 20.8 Å². The Balaban J connectivity index is 1.50. The van der Waals surface area contributed by atoms with Crippen LogP contribution in [0.25, 0.3) is 22.4 Å². The average molecular weight is 459 g/mol. The predicted molar refractivity (Wildman–Crippen MR) is 128 cm³/mol. The molecule has 34 heavy (non-hydrogen) atoms. The van der Waals surface area contributed by atoms with Crippen LogP contribution in [-0.4, -0.2) is 28.0 Å². The van der Waals surface area contributed by atoms with E-state index in [1.807, 2.05) is 19.9 Å². The molecule has 8 heteroatoms. The van der Waals surface area contributed by atoms with Gasteiger partial charge in [0, 0.05) is 11.6 Å². The van der Waals surface area contributed by atoms with Crippen LogP contribution in [0.2, 0.25) is 0 Å². The lowest BCUT2D eigenvalue weighted by atomic mass is 10.0. The Hall–Kier alpha value is -3.94. The van der Waals surface area contributed by atoms with Crippen LogP contribution in [0.15, 0.2) is 45.3 Å². The highest BCUT2D eigenvalue weighted by atomic mass is 16.5. The number of furan rings is 1. The minimum Gasteiger partial charge on any atom is -0.466 e. The number of carbonyl (C=O) groups excluding carboxylic acids is 2. The van der Waals surface area contributed by atoms with Crippen LogP contribution in [-0.2, 0) is 0 Å². The highest BCUT2D eigenvalue weighted by molar-refractivity contribution is 6.15. The molecule has 0 spiro atoms. The summed E-state index contributed by atoms with van der Waals surface area (Å²) in [5.74, 6) is 0.880. The van der Waals surface area contributed by atoms with Gasteiger partial charge in [0.05, 0.1) is 33.6 Å². The van der Waals surface area contributed by atoms with Gasteiger partial charge in [0.1, 0.15) is 11.5 Å². The number of anilines is 1. The molecule has 0 bridgehead atoms. The van der Waals surface area contributed by atoms with Gasteiger partial charge in [-0.2, -0.15) is 0 Å². The van der Waals surface area contributed by atoms with Crippen LogP contribution in [0.4, 0.5) is 5.69 Å². The summed E-state index contributed by atoms with van der Waals surface area (Å²) in [6, 6.07) is 10.8. The molecule has 0 saturated heterocycles. The number of carbonyl (C=O) groups is 2. The summed E-state index contributed by atoms with van der Waals surface area (Å²) in [6.07, 6.45) is 4.21.